The number of ether oxygens (including phenoxy) is 1. The van der Waals surface area contributed by atoms with Gasteiger partial charge in [-0.2, -0.15) is 0 Å². The number of rotatable bonds is 1. The summed E-state index contributed by atoms with van der Waals surface area (Å²) in [7, 11) is 0. The molecule has 1 aromatic rings. The molecule has 0 aliphatic heterocycles. The SMILES string of the molecule is CC(=O)Oc1c(Cl)csc1Cl. The van der Waals surface area contributed by atoms with Crippen LogP contribution in [0, 0.1) is 0 Å². The number of halogens is 2. The van der Waals surface area contributed by atoms with Gasteiger partial charge in [-0.15, -0.1) is 11.3 Å². The van der Waals surface area contributed by atoms with Crippen LogP contribution in [0.1, 0.15) is 6.92 Å². The smallest absolute Gasteiger partial charge is 0.308 e. The van der Waals surface area contributed by atoms with E-state index in [-0.39, 0.29) is 5.75 Å². The number of thiophene rings is 1. The molecule has 0 unspecified atom stereocenters. The lowest BCUT2D eigenvalue weighted by molar-refractivity contribution is -0.131. The lowest BCUT2D eigenvalue weighted by Crippen LogP contribution is -2.00. The minimum atomic E-state index is -0.424. The monoisotopic (exact) mass is 210 g/mol. The van der Waals surface area contributed by atoms with E-state index < -0.39 is 5.97 Å². The molecule has 2 nitrogen and oxygen atoms in total. The Bertz CT molecular complexity index is 263. The molecule has 0 spiro atoms. The first-order valence-electron chi connectivity index (χ1n) is 2.72. The van der Waals surface area contributed by atoms with E-state index in [1.807, 2.05) is 0 Å². The van der Waals surface area contributed by atoms with Crippen LogP contribution in [0.4, 0.5) is 0 Å². The van der Waals surface area contributed by atoms with Gasteiger partial charge in [-0.05, 0) is 0 Å². The van der Waals surface area contributed by atoms with Gasteiger partial charge in [0.2, 0.25) is 0 Å². The zero-order valence-corrected chi connectivity index (χ0v) is 7.89. The summed E-state index contributed by atoms with van der Waals surface area (Å²) in [6.07, 6.45) is 0. The molecule has 1 heterocycles. The van der Waals surface area contributed by atoms with Crippen LogP contribution in [-0.2, 0) is 4.79 Å². The minimum Gasteiger partial charge on any atom is -0.423 e. The summed E-state index contributed by atoms with van der Waals surface area (Å²) in [5.41, 5.74) is 0. The van der Waals surface area contributed by atoms with E-state index >= 15 is 0 Å². The molecule has 1 rings (SSSR count). The predicted molar refractivity (Wildman–Crippen MR) is 45.6 cm³/mol. The third-order valence-electron chi connectivity index (χ3n) is 0.907. The molecule has 11 heavy (non-hydrogen) atoms. The highest BCUT2D eigenvalue weighted by Gasteiger charge is 2.11. The maximum absolute atomic E-state index is 10.5. The van der Waals surface area contributed by atoms with Crippen molar-refractivity contribution in [3.8, 4) is 5.75 Å². The van der Waals surface area contributed by atoms with E-state index in [9.17, 15) is 4.79 Å². The fraction of sp³-hybridized carbons (Fsp3) is 0.167. The van der Waals surface area contributed by atoms with Crippen molar-refractivity contribution in [2.75, 3.05) is 0 Å². The van der Waals surface area contributed by atoms with Crippen LogP contribution in [0.3, 0.4) is 0 Å². The molecule has 5 heteroatoms. The van der Waals surface area contributed by atoms with Gasteiger partial charge in [-0.3, -0.25) is 4.79 Å². The van der Waals surface area contributed by atoms with Crippen LogP contribution < -0.4 is 4.74 Å². The van der Waals surface area contributed by atoms with E-state index in [2.05, 4.69) is 0 Å². The molecule has 0 N–H and O–H groups in total. The van der Waals surface area contributed by atoms with Crippen molar-refractivity contribution in [3.63, 3.8) is 0 Å². The second kappa shape index (κ2) is 3.43. The summed E-state index contributed by atoms with van der Waals surface area (Å²) in [6, 6.07) is 0. The first kappa shape index (κ1) is 8.84. The van der Waals surface area contributed by atoms with Crippen molar-refractivity contribution in [3.05, 3.63) is 14.7 Å². The molecule has 0 saturated carbocycles. The number of carbonyl (C=O) groups is 1. The van der Waals surface area contributed by atoms with Gasteiger partial charge in [-0.25, -0.2) is 0 Å². The van der Waals surface area contributed by atoms with Crippen LogP contribution in [0.15, 0.2) is 5.38 Å². The minimum absolute atomic E-state index is 0.255. The number of esters is 1. The summed E-state index contributed by atoms with van der Waals surface area (Å²) in [5.74, 6) is -0.168. The van der Waals surface area contributed by atoms with Crippen LogP contribution in [-0.4, -0.2) is 5.97 Å². The van der Waals surface area contributed by atoms with E-state index in [0.717, 1.165) is 0 Å². The third kappa shape index (κ3) is 2.09. The first-order valence-corrected chi connectivity index (χ1v) is 4.35. The van der Waals surface area contributed by atoms with E-state index in [1.54, 1.807) is 5.38 Å². The maximum atomic E-state index is 10.5. The maximum Gasteiger partial charge on any atom is 0.308 e. The van der Waals surface area contributed by atoms with Gasteiger partial charge >= 0.3 is 5.97 Å². The summed E-state index contributed by atoms with van der Waals surface area (Å²) in [5, 5.41) is 1.98. The second-order valence-corrected chi connectivity index (χ2v) is 3.67. The molecular weight excluding hydrogens is 207 g/mol. The van der Waals surface area contributed by atoms with Gasteiger partial charge in [0, 0.05) is 12.3 Å². The van der Waals surface area contributed by atoms with Crippen molar-refractivity contribution in [2.45, 2.75) is 6.92 Å². The standard InChI is InChI=1S/C6H4Cl2O2S/c1-3(9)10-5-4(7)2-11-6(5)8/h2H,1H3. The second-order valence-electron chi connectivity index (χ2n) is 1.78. The summed E-state index contributed by atoms with van der Waals surface area (Å²) in [4.78, 5) is 10.5. The highest BCUT2D eigenvalue weighted by atomic mass is 35.5. The van der Waals surface area contributed by atoms with E-state index in [0.29, 0.717) is 9.36 Å². The lowest BCUT2D eigenvalue weighted by Gasteiger charge is -1.97. The molecule has 60 valence electrons. The third-order valence-corrected chi connectivity index (χ3v) is 2.50. The number of hydrogen-bond donors (Lipinski definition) is 0. The van der Waals surface area contributed by atoms with Crippen molar-refractivity contribution in [1.82, 2.24) is 0 Å². The molecule has 0 amide bonds. The van der Waals surface area contributed by atoms with Crippen LogP contribution in [0.25, 0.3) is 0 Å². The molecule has 0 aromatic carbocycles. The topological polar surface area (TPSA) is 26.3 Å². The molecule has 0 saturated heterocycles. The van der Waals surface area contributed by atoms with Crippen molar-refractivity contribution >= 4 is 40.5 Å². The average molecular weight is 211 g/mol. The van der Waals surface area contributed by atoms with Gasteiger partial charge < -0.3 is 4.74 Å². The Morgan fingerprint density at radius 1 is 1.64 bits per heavy atom. The number of hydrogen-bond acceptors (Lipinski definition) is 3. The molecule has 1 aromatic heterocycles. The van der Waals surface area contributed by atoms with Gasteiger partial charge in [0.05, 0.1) is 5.02 Å². The quantitative estimate of drug-likeness (QED) is 0.667. The Morgan fingerprint density at radius 2 is 2.27 bits per heavy atom. The van der Waals surface area contributed by atoms with Crippen LogP contribution in [0.2, 0.25) is 9.36 Å². The van der Waals surface area contributed by atoms with Gasteiger partial charge in [0.1, 0.15) is 4.34 Å². The molecule has 0 aliphatic carbocycles. The largest absolute Gasteiger partial charge is 0.423 e. The molecule has 0 aliphatic rings. The van der Waals surface area contributed by atoms with Gasteiger partial charge in [0.25, 0.3) is 0 Å². The average Bonchev–Trinajstić information content (AvgIpc) is 2.18. The molecular formula is C6H4Cl2O2S. The van der Waals surface area contributed by atoms with Crippen LogP contribution >= 0.6 is 34.5 Å². The normalized spacial score (nSPS) is 9.73. The molecule has 0 fully saturated rings. The molecule has 0 atom stereocenters. The highest BCUT2D eigenvalue weighted by Crippen LogP contribution is 2.38. The van der Waals surface area contributed by atoms with Crippen molar-refractivity contribution < 1.29 is 9.53 Å². The Morgan fingerprint density at radius 3 is 2.64 bits per heavy atom. The lowest BCUT2D eigenvalue weighted by atomic mass is 10.6. The molecule has 0 bridgehead atoms. The zero-order chi connectivity index (χ0) is 8.43. The number of carbonyl (C=O) groups excluding carboxylic acids is 1. The summed E-state index contributed by atoms with van der Waals surface area (Å²) < 4.78 is 5.12. The Kier molecular flexibility index (Phi) is 2.76. The highest BCUT2D eigenvalue weighted by molar-refractivity contribution is 7.15. The van der Waals surface area contributed by atoms with Crippen LogP contribution in [0.5, 0.6) is 5.75 Å². The summed E-state index contributed by atoms with van der Waals surface area (Å²) >= 11 is 12.5. The van der Waals surface area contributed by atoms with Crippen molar-refractivity contribution in [2.24, 2.45) is 0 Å². The zero-order valence-electron chi connectivity index (χ0n) is 5.56. The Balaban J connectivity index is 2.92. The fourth-order valence-electron chi connectivity index (χ4n) is 0.537. The van der Waals surface area contributed by atoms with E-state index in [1.165, 1.54) is 18.3 Å². The van der Waals surface area contributed by atoms with E-state index in [4.69, 9.17) is 27.9 Å². The predicted octanol–water partition coefficient (Wildman–Crippen LogP) is 2.98. The Hall–Kier alpha value is -0.250. The molecule has 0 radical (unpaired) electrons. The van der Waals surface area contributed by atoms with Gasteiger partial charge in [0.15, 0.2) is 5.75 Å². The first-order chi connectivity index (χ1) is 5.11. The fourth-order valence-corrected chi connectivity index (χ4v) is 1.75. The van der Waals surface area contributed by atoms with Crippen molar-refractivity contribution in [1.29, 1.82) is 0 Å². The Labute approximate surface area is 77.7 Å². The van der Waals surface area contributed by atoms with Gasteiger partial charge in [-0.1, -0.05) is 23.2 Å². The summed E-state index contributed by atoms with van der Waals surface area (Å²) in [6.45, 7) is 1.30.